The van der Waals surface area contributed by atoms with E-state index in [1.54, 1.807) is 6.07 Å². The summed E-state index contributed by atoms with van der Waals surface area (Å²) in [6.07, 6.45) is 3.50. The number of aromatic amines is 1. The highest BCUT2D eigenvalue weighted by Crippen LogP contribution is 2.22. The highest BCUT2D eigenvalue weighted by Gasteiger charge is 2.23. The van der Waals surface area contributed by atoms with Crippen LogP contribution in [0.2, 0.25) is 0 Å². The van der Waals surface area contributed by atoms with Crippen molar-refractivity contribution in [2.24, 2.45) is 0 Å². The fraction of sp³-hybridized carbons (Fsp3) is 0.467. The lowest BCUT2D eigenvalue weighted by Gasteiger charge is -2.36. The molecule has 0 spiro atoms. The molecule has 3 heterocycles. The Morgan fingerprint density at radius 3 is 3.00 bits per heavy atom. The molecule has 1 saturated heterocycles. The first-order chi connectivity index (χ1) is 10.7. The van der Waals surface area contributed by atoms with Crippen molar-refractivity contribution in [3.05, 3.63) is 45.0 Å². The van der Waals surface area contributed by atoms with Crippen molar-refractivity contribution in [1.82, 2.24) is 15.5 Å². The van der Waals surface area contributed by atoms with Crippen LogP contribution in [0.3, 0.4) is 0 Å². The molecule has 7 heteroatoms. The van der Waals surface area contributed by atoms with Crippen LogP contribution in [0.25, 0.3) is 0 Å². The van der Waals surface area contributed by atoms with Crippen molar-refractivity contribution in [1.29, 1.82) is 0 Å². The molecule has 1 aliphatic heterocycles. The van der Waals surface area contributed by atoms with E-state index in [1.807, 2.05) is 12.1 Å². The van der Waals surface area contributed by atoms with E-state index in [2.05, 4.69) is 36.3 Å². The van der Waals surface area contributed by atoms with Gasteiger partial charge in [0.25, 0.3) is 5.56 Å². The Bertz CT molecular complexity index is 649. The van der Waals surface area contributed by atoms with E-state index in [1.165, 1.54) is 12.5 Å². The smallest absolute Gasteiger partial charge is 0.264 e. The minimum Gasteiger partial charge on any atom is -0.453 e. The van der Waals surface area contributed by atoms with E-state index in [4.69, 9.17) is 4.42 Å². The topological polar surface area (TPSA) is 74.2 Å². The largest absolute Gasteiger partial charge is 0.453 e. The molecule has 2 N–H and O–H groups in total. The lowest BCUT2D eigenvalue weighted by molar-refractivity contribution is 0.412. The molecular weight excluding hydrogens is 348 g/mol. The third kappa shape index (κ3) is 3.78. The molecule has 22 heavy (non-hydrogen) atoms. The molecule has 118 valence electrons. The molecule has 2 aromatic rings. The van der Waals surface area contributed by atoms with Crippen LogP contribution in [0, 0.1) is 0 Å². The van der Waals surface area contributed by atoms with Gasteiger partial charge in [0.05, 0.1) is 6.54 Å². The van der Waals surface area contributed by atoms with Crippen LogP contribution in [0.5, 0.6) is 0 Å². The first-order valence-corrected chi connectivity index (χ1v) is 8.29. The fourth-order valence-corrected chi connectivity index (χ4v) is 3.16. The molecular formula is C15H19BrN4O2. The second-order valence-electron chi connectivity index (χ2n) is 5.46. The predicted molar refractivity (Wildman–Crippen MR) is 88.0 cm³/mol. The Balaban J connectivity index is 1.60. The average Bonchev–Trinajstić information content (AvgIpc) is 2.94. The Morgan fingerprint density at radius 2 is 2.27 bits per heavy atom. The van der Waals surface area contributed by atoms with Gasteiger partial charge in [0.2, 0.25) is 0 Å². The maximum Gasteiger partial charge on any atom is 0.264 e. The van der Waals surface area contributed by atoms with Crippen LogP contribution in [0.4, 0.5) is 5.82 Å². The van der Waals surface area contributed by atoms with Crippen LogP contribution in [-0.4, -0.2) is 29.3 Å². The zero-order valence-corrected chi connectivity index (χ0v) is 13.8. The SMILES string of the molecule is O=c1ccc(N2CCCCC2CNCc2ccc(Br)o2)n[nH]1. The number of anilines is 1. The van der Waals surface area contributed by atoms with E-state index in [0.29, 0.717) is 12.6 Å². The van der Waals surface area contributed by atoms with Gasteiger partial charge in [0.15, 0.2) is 4.67 Å². The summed E-state index contributed by atoms with van der Waals surface area (Å²) in [6, 6.07) is 7.56. The molecule has 3 rings (SSSR count). The number of furan rings is 1. The highest BCUT2D eigenvalue weighted by atomic mass is 79.9. The first-order valence-electron chi connectivity index (χ1n) is 7.50. The van der Waals surface area contributed by atoms with Gasteiger partial charge in [-0.2, -0.15) is 5.10 Å². The second-order valence-corrected chi connectivity index (χ2v) is 6.24. The minimum atomic E-state index is -0.168. The third-order valence-electron chi connectivity index (χ3n) is 3.89. The average molecular weight is 367 g/mol. The van der Waals surface area contributed by atoms with Gasteiger partial charge in [-0.15, -0.1) is 0 Å². The third-order valence-corrected chi connectivity index (χ3v) is 4.32. The second kappa shape index (κ2) is 7.11. The number of halogens is 1. The molecule has 1 unspecified atom stereocenters. The van der Waals surface area contributed by atoms with Gasteiger partial charge in [-0.3, -0.25) is 4.79 Å². The summed E-state index contributed by atoms with van der Waals surface area (Å²) in [5.74, 6) is 1.75. The van der Waals surface area contributed by atoms with E-state index in [9.17, 15) is 4.79 Å². The van der Waals surface area contributed by atoms with E-state index in [-0.39, 0.29) is 5.56 Å². The van der Waals surface area contributed by atoms with Crippen LogP contribution in [0.1, 0.15) is 25.0 Å². The monoisotopic (exact) mass is 366 g/mol. The number of hydrogen-bond acceptors (Lipinski definition) is 5. The molecule has 1 atom stereocenters. The van der Waals surface area contributed by atoms with Crippen molar-refractivity contribution in [2.45, 2.75) is 31.8 Å². The number of hydrogen-bond donors (Lipinski definition) is 2. The lowest BCUT2D eigenvalue weighted by atomic mass is 10.0. The zero-order valence-electron chi connectivity index (χ0n) is 12.2. The van der Waals surface area contributed by atoms with Crippen molar-refractivity contribution < 1.29 is 4.42 Å². The molecule has 0 aromatic carbocycles. The molecule has 0 bridgehead atoms. The fourth-order valence-electron chi connectivity index (χ4n) is 2.82. The molecule has 1 aliphatic rings. The molecule has 2 aromatic heterocycles. The van der Waals surface area contributed by atoms with E-state index < -0.39 is 0 Å². The number of rotatable bonds is 5. The van der Waals surface area contributed by atoms with Crippen molar-refractivity contribution in [3.8, 4) is 0 Å². The van der Waals surface area contributed by atoms with Crippen molar-refractivity contribution >= 4 is 21.7 Å². The number of H-pyrrole nitrogens is 1. The summed E-state index contributed by atoms with van der Waals surface area (Å²) in [6.45, 7) is 2.53. The summed E-state index contributed by atoms with van der Waals surface area (Å²) < 4.78 is 6.24. The summed E-state index contributed by atoms with van der Waals surface area (Å²) >= 11 is 3.31. The van der Waals surface area contributed by atoms with Crippen LogP contribution < -0.4 is 15.8 Å². The molecule has 0 amide bonds. The number of piperidine rings is 1. The summed E-state index contributed by atoms with van der Waals surface area (Å²) in [5, 5.41) is 10.1. The Morgan fingerprint density at radius 1 is 1.36 bits per heavy atom. The summed E-state index contributed by atoms with van der Waals surface area (Å²) in [5.41, 5.74) is -0.168. The van der Waals surface area contributed by atoms with Crippen molar-refractivity contribution in [2.75, 3.05) is 18.0 Å². The highest BCUT2D eigenvalue weighted by molar-refractivity contribution is 9.10. The first kappa shape index (κ1) is 15.3. The van der Waals surface area contributed by atoms with Gasteiger partial charge in [-0.05, 0) is 53.4 Å². The zero-order chi connectivity index (χ0) is 15.4. The Hall–Kier alpha value is -1.60. The van der Waals surface area contributed by atoms with Crippen LogP contribution >= 0.6 is 15.9 Å². The van der Waals surface area contributed by atoms with Gasteiger partial charge in [-0.1, -0.05) is 0 Å². The maximum atomic E-state index is 11.2. The van der Waals surface area contributed by atoms with Gasteiger partial charge in [-0.25, -0.2) is 5.10 Å². The number of aromatic nitrogens is 2. The van der Waals surface area contributed by atoms with Gasteiger partial charge >= 0.3 is 0 Å². The molecule has 6 nitrogen and oxygen atoms in total. The Labute approximate surface area is 137 Å². The van der Waals surface area contributed by atoms with E-state index in [0.717, 1.165) is 42.2 Å². The van der Waals surface area contributed by atoms with Gasteiger partial charge < -0.3 is 14.6 Å². The Kier molecular flexibility index (Phi) is 4.94. The lowest BCUT2D eigenvalue weighted by Crippen LogP contribution is -2.46. The maximum absolute atomic E-state index is 11.2. The van der Waals surface area contributed by atoms with Gasteiger partial charge in [0.1, 0.15) is 11.6 Å². The molecule has 0 saturated carbocycles. The van der Waals surface area contributed by atoms with Crippen molar-refractivity contribution in [3.63, 3.8) is 0 Å². The summed E-state index contributed by atoms with van der Waals surface area (Å²) in [4.78, 5) is 13.4. The molecule has 0 radical (unpaired) electrons. The minimum absolute atomic E-state index is 0.168. The molecule has 0 aliphatic carbocycles. The molecule has 1 fully saturated rings. The van der Waals surface area contributed by atoms with Gasteiger partial charge in [0, 0.05) is 25.2 Å². The van der Waals surface area contributed by atoms with Crippen LogP contribution in [0.15, 0.2) is 38.1 Å². The standard InChI is InChI=1S/C15H19BrN4O2/c16-13-5-4-12(22-13)10-17-9-11-3-1-2-8-20(11)14-6-7-15(21)19-18-14/h4-7,11,17H,1-3,8-10H2,(H,19,21). The van der Waals surface area contributed by atoms with Crippen LogP contribution in [-0.2, 0) is 6.54 Å². The predicted octanol–water partition coefficient (Wildman–Crippen LogP) is 2.27. The summed E-state index contributed by atoms with van der Waals surface area (Å²) in [7, 11) is 0. The van der Waals surface area contributed by atoms with E-state index >= 15 is 0 Å². The number of nitrogens with one attached hydrogen (secondary N) is 2. The quantitative estimate of drug-likeness (QED) is 0.848. The number of nitrogens with zero attached hydrogens (tertiary/aromatic N) is 2. The normalized spacial score (nSPS) is 18.6.